The predicted molar refractivity (Wildman–Crippen MR) is 49.3 cm³/mol. The van der Waals surface area contributed by atoms with Crippen LogP contribution >= 0.6 is 0 Å². The molecule has 0 unspecified atom stereocenters. The van der Waals surface area contributed by atoms with Crippen LogP contribution < -0.4 is 0 Å². The number of nitrogens with zero attached hydrogens (tertiary/aromatic N) is 2. The van der Waals surface area contributed by atoms with Crippen molar-refractivity contribution in [1.82, 2.24) is 4.90 Å². The van der Waals surface area contributed by atoms with Crippen molar-refractivity contribution in [2.45, 2.75) is 31.2 Å². The number of fused-ring (bicyclic) bond motifs is 3. The van der Waals surface area contributed by atoms with Crippen LogP contribution in [0.25, 0.3) is 0 Å². The van der Waals surface area contributed by atoms with Crippen molar-refractivity contribution in [3.8, 4) is 0 Å². The summed E-state index contributed by atoms with van der Waals surface area (Å²) in [5.74, 6) is 3.36. The van der Waals surface area contributed by atoms with Crippen LogP contribution in [0.2, 0.25) is 0 Å². The molecule has 2 aliphatic carbocycles. The Labute approximate surface area is 73.7 Å². The standard InChI is InChI=1S/C10H16N2/c1-11-9-10(12(9)2)6-7-3-4-8(10)5-7/h7-8H,3-6H2,1-2H3/t7-,8+,10+,12?/m0/s1. The molecule has 0 aromatic heterocycles. The first-order valence-corrected chi connectivity index (χ1v) is 5.00. The molecule has 0 aromatic carbocycles. The van der Waals surface area contributed by atoms with Gasteiger partial charge in [0.25, 0.3) is 0 Å². The highest BCUT2D eigenvalue weighted by Gasteiger charge is 2.67. The molecule has 3 atom stereocenters. The van der Waals surface area contributed by atoms with Crippen molar-refractivity contribution in [1.29, 1.82) is 0 Å². The van der Waals surface area contributed by atoms with Gasteiger partial charge in [0.05, 0.1) is 0 Å². The molecule has 66 valence electrons. The average molecular weight is 164 g/mol. The van der Waals surface area contributed by atoms with Crippen molar-refractivity contribution in [3.63, 3.8) is 0 Å². The lowest BCUT2D eigenvalue weighted by Gasteiger charge is -2.19. The summed E-state index contributed by atoms with van der Waals surface area (Å²) in [6.07, 6.45) is 5.81. The lowest BCUT2D eigenvalue weighted by molar-refractivity contribution is 0.317. The Morgan fingerprint density at radius 3 is 2.75 bits per heavy atom. The summed E-state index contributed by atoms with van der Waals surface area (Å²) >= 11 is 0. The molecule has 2 saturated carbocycles. The SMILES string of the molecule is CN=C1N(C)[C@@]12C[C@H]1CC[C@@H]2C1. The zero-order valence-electron chi connectivity index (χ0n) is 7.88. The van der Waals surface area contributed by atoms with E-state index in [2.05, 4.69) is 16.9 Å². The van der Waals surface area contributed by atoms with E-state index in [9.17, 15) is 0 Å². The molecule has 1 heterocycles. The van der Waals surface area contributed by atoms with E-state index in [-0.39, 0.29) is 0 Å². The van der Waals surface area contributed by atoms with Crippen molar-refractivity contribution in [2.24, 2.45) is 16.8 Å². The zero-order valence-corrected chi connectivity index (χ0v) is 7.88. The van der Waals surface area contributed by atoms with Crippen molar-refractivity contribution >= 4 is 5.84 Å². The topological polar surface area (TPSA) is 15.4 Å². The third kappa shape index (κ3) is 0.540. The maximum atomic E-state index is 4.38. The zero-order chi connectivity index (χ0) is 8.34. The lowest BCUT2D eigenvalue weighted by Crippen LogP contribution is -2.25. The molecule has 12 heavy (non-hydrogen) atoms. The molecule has 1 aliphatic heterocycles. The van der Waals surface area contributed by atoms with E-state index in [1.165, 1.54) is 31.5 Å². The minimum atomic E-state index is 0.470. The summed E-state index contributed by atoms with van der Waals surface area (Å²) in [4.78, 5) is 6.79. The fourth-order valence-corrected chi connectivity index (χ4v) is 3.73. The van der Waals surface area contributed by atoms with E-state index in [0.717, 1.165) is 11.8 Å². The first-order valence-electron chi connectivity index (χ1n) is 5.00. The van der Waals surface area contributed by atoms with Gasteiger partial charge >= 0.3 is 0 Å². The van der Waals surface area contributed by atoms with Crippen LogP contribution in [-0.2, 0) is 0 Å². The van der Waals surface area contributed by atoms with Gasteiger partial charge in [-0.1, -0.05) is 0 Å². The van der Waals surface area contributed by atoms with Crippen LogP contribution in [-0.4, -0.2) is 30.4 Å². The molecule has 3 rings (SSSR count). The van der Waals surface area contributed by atoms with Crippen LogP contribution in [0.1, 0.15) is 25.7 Å². The second-order valence-electron chi connectivity index (χ2n) is 4.61. The predicted octanol–water partition coefficient (Wildman–Crippen LogP) is 1.52. The minimum Gasteiger partial charge on any atom is -0.348 e. The summed E-state index contributed by atoms with van der Waals surface area (Å²) in [6, 6.07) is 0. The van der Waals surface area contributed by atoms with E-state index in [1.54, 1.807) is 0 Å². The second-order valence-corrected chi connectivity index (χ2v) is 4.61. The Morgan fingerprint density at radius 2 is 2.33 bits per heavy atom. The average Bonchev–Trinajstić information content (AvgIpc) is 2.52. The van der Waals surface area contributed by atoms with Crippen LogP contribution in [0, 0.1) is 11.8 Å². The van der Waals surface area contributed by atoms with Gasteiger partial charge in [0.15, 0.2) is 0 Å². The van der Waals surface area contributed by atoms with E-state index >= 15 is 0 Å². The quantitative estimate of drug-likeness (QED) is 0.495. The first-order chi connectivity index (χ1) is 5.79. The van der Waals surface area contributed by atoms with Gasteiger partial charge in [0.1, 0.15) is 11.4 Å². The normalized spacial score (nSPS) is 52.8. The van der Waals surface area contributed by atoms with Crippen molar-refractivity contribution in [3.05, 3.63) is 0 Å². The van der Waals surface area contributed by atoms with Gasteiger partial charge in [0, 0.05) is 14.1 Å². The first kappa shape index (κ1) is 6.93. The number of rotatable bonds is 0. The molecule has 0 N–H and O–H groups in total. The van der Waals surface area contributed by atoms with Gasteiger partial charge < -0.3 is 4.90 Å². The Kier molecular flexibility index (Phi) is 1.07. The van der Waals surface area contributed by atoms with Crippen molar-refractivity contribution in [2.75, 3.05) is 14.1 Å². The third-order valence-electron chi connectivity index (χ3n) is 4.28. The fourth-order valence-electron chi connectivity index (χ4n) is 3.73. The highest BCUT2D eigenvalue weighted by Crippen LogP contribution is 2.60. The fraction of sp³-hybridized carbons (Fsp3) is 0.900. The van der Waals surface area contributed by atoms with Gasteiger partial charge in [-0.05, 0) is 37.5 Å². The van der Waals surface area contributed by atoms with Gasteiger partial charge in [-0.25, -0.2) is 0 Å². The van der Waals surface area contributed by atoms with Gasteiger partial charge in [-0.2, -0.15) is 0 Å². The van der Waals surface area contributed by atoms with Crippen LogP contribution in [0.4, 0.5) is 0 Å². The highest BCUT2D eigenvalue weighted by molar-refractivity contribution is 6.07. The Bertz CT molecular complexity index is 259. The molecule has 3 fully saturated rings. The maximum absolute atomic E-state index is 4.38. The van der Waals surface area contributed by atoms with Crippen molar-refractivity contribution < 1.29 is 0 Å². The molecular weight excluding hydrogens is 148 g/mol. The smallest absolute Gasteiger partial charge is 0.126 e. The molecule has 2 heteroatoms. The Hall–Kier alpha value is -0.530. The summed E-state index contributed by atoms with van der Waals surface area (Å²) in [6.45, 7) is 0. The highest BCUT2D eigenvalue weighted by atomic mass is 15.4. The molecule has 1 spiro atoms. The molecule has 0 aromatic rings. The second kappa shape index (κ2) is 1.86. The number of amidine groups is 1. The van der Waals surface area contributed by atoms with E-state index in [0.29, 0.717) is 5.54 Å². The molecule has 3 aliphatic rings. The largest absolute Gasteiger partial charge is 0.348 e. The Morgan fingerprint density at radius 1 is 1.50 bits per heavy atom. The molecule has 1 saturated heterocycles. The van der Waals surface area contributed by atoms with Crippen LogP contribution in [0.5, 0.6) is 0 Å². The summed E-state index contributed by atoms with van der Waals surface area (Å²) in [5.41, 5.74) is 0.470. The molecular formula is C10H16N2. The maximum Gasteiger partial charge on any atom is 0.126 e. The van der Waals surface area contributed by atoms with Crippen LogP contribution in [0.3, 0.4) is 0 Å². The van der Waals surface area contributed by atoms with E-state index < -0.39 is 0 Å². The number of aliphatic imine (C=N–C) groups is 1. The summed E-state index contributed by atoms with van der Waals surface area (Å²) in [7, 11) is 4.15. The Balaban J connectivity index is 1.96. The van der Waals surface area contributed by atoms with Gasteiger partial charge in [-0.15, -0.1) is 0 Å². The van der Waals surface area contributed by atoms with Gasteiger partial charge in [-0.3, -0.25) is 4.99 Å². The lowest BCUT2D eigenvalue weighted by atomic mass is 9.88. The third-order valence-corrected chi connectivity index (χ3v) is 4.28. The van der Waals surface area contributed by atoms with E-state index in [4.69, 9.17) is 0 Å². The molecule has 2 bridgehead atoms. The number of hydrogen-bond donors (Lipinski definition) is 0. The number of likely N-dealkylation sites (N-methyl/N-ethyl adjacent to an activating group) is 1. The molecule has 2 nitrogen and oxygen atoms in total. The summed E-state index contributed by atoms with van der Waals surface area (Å²) in [5, 5.41) is 0. The minimum absolute atomic E-state index is 0.470. The summed E-state index contributed by atoms with van der Waals surface area (Å²) < 4.78 is 0. The monoisotopic (exact) mass is 164 g/mol. The van der Waals surface area contributed by atoms with E-state index in [1.807, 2.05) is 7.05 Å². The van der Waals surface area contributed by atoms with Gasteiger partial charge in [0.2, 0.25) is 0 Å². The molecule has 0 radical (unpaired) electrons. The number of hydrogen-bond acceptors (Lipinski definition) is 1. The molecule has 0 amide bonds. The van der Waals surface area contributed by atoms with Crippen LogP contribution in [0.15, 0.2) is 4.99 Å².